The fraction of sp³-hybridized carbons (Fsp3) is 0.500. The molecule has 0 saturated heterocycles. The molecule has 4 rings (SSSR count). The van der Waals surface area contributed by atoms with E-state index >= 15 is 0 Å². The normalized spacial score (nSPS) is 13.7. The maximum atomic E-state index is 11.9. The van der Waals surface area contributed by atoms with E-state index in [1.807, 2.05) is 17.7 Å². The average molecular weight is 506 g/mol. The summed E-state index contributed by atoms with van der Waals surface area (Å²) in [6.07, 6.45) is 9.11. The number of rotatable bonds is 14. The number of carboxylic acid groups (broad SMARTS) is 1. The lowest BCUT2D eigenvalue weighted by Gasteiger charge is -2.25. The summed E-state index contributed by atoms with van der Waals surface area (Å²) in [6, 6.07) is 9.43. The van der Waals surface area contributed by atoms with Gasteiger partial charge in [0.1, 0.15) is 11.9 Å². The van der Waals surface area contributed by atoms with E-state index in [9.17, 15) is 9.90 Å². The van der Waals surface area contributed by atoms with Crippen molar-refractivity contribution < 1.29 is 9.90 Å². The first-order valence-electron chi connectivity index (χ1n) is 13.3. The zero-order valence-corrected chi connectivity index (χ0v) is 22.0. The van der Waals surface area contributed by atoms with Crippen molar-refractivity contribution in [2.45, 2.75) is 65.0 Å². The van der Waals surface area contributed by atoms with Gasteiger partial charge in [-0.1, -0.05) is 6.07 Å². The summed E-state index contributed by atoms with van der Waals surface area (Å²) < 4.78 is 2.04. The van der Waals surface area contributed by atoms with E-state index < -0.39 is 12.0 Å². The Labute approximate surface area is 219 Å². The largest absolute Gasteiger partial charge is 0.480 e. The van der Waals surface area contributed by atoms with Crippen LogP contribution in [-0.2, 0) is 24.2 Å². The number of carboxylic acids is 1. The monoisotopic (exact) mass is 505 g/mol. The van der Waals surface area contributed by atoms with E-state index in [4.69, 9.17) is 4.98 Å². The van der Waals surface area contributed by atoms with Crippen molar-refractivity contribution in [3.63, 3.8) is 0 Å². The van der Waals surface area contributed by atoms with Crippen LogP contribution in [0.4, 0.5) is 11.5 Å². The second-order valence-electron chi connectivity index (χ2n) is 9.86. The third kappa shape index (κ3) is 8.01. The van der Waals surface area contributed by atoms with Crippen LogP contribution in [0.3, 0.4) is 0 Å². The molecule has 3 aromatic heterocycles. The lowest BCUT2D eigenvalue weighted by Crippen LogP contribution is -2.36. The van der Waals surface area contributed by atoms with Crippen LogP contribution < -0.4 is 10.6 Å². The molecule has 0 aromatic carbocycles. The van der Waals surface area contributed by atoms with Crippen molar-refractivity contribution in [3.05, 3.63) is 65.4 Å². The van der Waals surface area contributed by atoms with Gasteiger partial charge in [0.05, 0.1) is 17.9 Å². The summed E-state index contributed by atoms with van der Waals surface area (Å²) in [6.45, 7) is 8.27. The highest BCUT2D eigenvalue weighted by Gasteiger charge is 2.19. The quantitative estimate of drug-likeness (QED) is 0.283. The number of aliphatic carboxylic acids is 1. The summed E-state index contributed by atoms with van der Waals surface area (Å²) in [5, 5.41) is 20.9. The van der Waals surface area contributed by atoms with Gasteiger partial charge in [0.25, 0.3) is 0 Å². The van der Waals surface area contributed by atoms with Gasteiger partial charge in [-0.25, -0.2) is 9.78 Å². The number of fused-ring (bicyclic) bond motifs is 1. The van der Waals surface area contributed by atoms with Gasteiger partial charge in [0, 0.05) is 43.4 Å². The number of nitrogens with one attached hydrogen (secondary N) is 2. The lowest BCUT2D eigenvalue weighted by molar-refractivity contribution is -0.138. The minimum Gasteiger partial charge on any atom is -0.480 e. The molecule has 3 N–H and O–H groups in total. The predicted molar refractivity (Wildman–Crippen MR) is 146 cm³/mol. The van der Waals surface area contributed by atoms with Gasteiger partial charge < -0.3 is 20.6 Å². The third-order valence-electron chi connectivity index (χ3n) is 6.87. The molecule has 1 atom stereocenters. The lowest BCUT2D eigenvalue weighted by atomic mass is 10.1. The molecule has 0 unspecified atom stereocenters. The molecule has 198 valence electrons. The number of carbonyl (C=O) groups is 1. The molecule has 3 aromatic rings. The van der Waals surface area contributed by atoms with Crippen molar-refractivity contribution in [1.82, 2.24) is 24.6 Å². The number of hydrogen-bond donors (Lipinski definition) is 3. The molecular weight excluding hydrogens is 466 g/mol. The Morgan fingerprint density at radius 3 is 2.86 bits per heavy atom. The molecular formula is C28H39N7O2. The molecule has 37 heavy (non-hydrogen) atoms. The maximum Gasteiger partial charge on any atom is 0.326 e. The number of pyridine rings is 2. The van der Waals surface area contributed by atoms with Gasteiger partial charge in [-0.3, -0.25) is 9.67 Å². The Bertz CT molecular complexity index is 1150. The van der Waals surface area contributed by atoms with Crippen LogP contribution in [0, 0.1) is 13.8 Å². The summed E-state index contributed by atoms with van der Waals surface area (Å²) in [7, 11) is 0. The summed E-state index contributed by atoms with van der Waals surface area (Å²) >= 11 is 0. The molecule has 1 aliphatic rings. The average Bonchev–Trinajstić information content (AvgIpc) is 3.23. The minimum absolute atomic E-state index is 0.499. The first kappa shape index (κ1) is 26.6. The Hall–Kier alpha value is -3.46. The number of hydrogen-bond acceptors (Lipinski definition) is 7. The van der Waals surface area contributed by atoms with E-state index in [2.05, 4.69) is 50.7 Å². The van der Waals surface area contributed by atoms with E-state index in [0.717, 1.165) is 80.4 Å². The number of unbranched alkanes of at least 4 members (excludes halogenated alkanes) is 1. The predicted octanol–water partition coefficient (Wildman–Crippen LogP) is 3.93. The van der Waals surface area contributed by atoms with Gasteiger partial charge in [-0.05, 0) is 88.7 Å². The summed E-state index contributed by atoms with van der Waals surface area (Å²) in [5.41, 5.74) is 5.33. The summed E-state index contributed by atoms with van der Waals surface area (Å²) in [5.74, 6) is 0.200. The molecule has 0 fully saturated rings. The van der Waals surface area contributed by atoms with Crippen LogP contribution in [0.2, 0.25) is 0 Å². The molecule has 0 saturated carbocycles. The molecule has 9 heteroatoms. The second-order valence-corrected chi connectivity index (χ2v) is 9.86. The fourth-order valence-corrected chi connectivity index (χ4v) is 4.84. The van der Waals surface area contributed by atoms with Crippen LogP contribution >= 0.6 is 0 Å². The fourth-order valence-electron chi connectivity index (χ4n) is 4.84. The number of anilines is 2. The molecule has 0 amide bonds. The van der Waals surface area contributed by atoms with Gasteiger partial charge in [0.2, 0.25) is 0 Å². The van der Waals surface area contributed by atoms with Gasteiger partial charge >= 0.3 is 5.97 Å². The van der Waals surface area contributed by atoms with Crippen molar-refractivity contribution in [3.8, 4) is 0 Å². The van der Waals surface area contributed by atoms with Gasteiger partial charge in [0.15, 0.2) is 0 Å². The molecule has 0 spiro atoms. The molecule has 0 radical (unpaired) electrons. The van der Waals surface area contributed by atoms with E-state index in [0.29, 0.717) is 13.0 Å². The minimum atomic E-state index is -0.852. The smallest absolute Gasteiger partial charge is 0.326 e. The number of nitrogens with zero attached hydrogens (tertiary/aromatic N) is 5. The summed E-state index contributed by atoms with van der Waals surface area (Å²) in [4.78, 5) is 23.2. The van der Waals surface area contributed by atoms with Gasteiger partial charge in [-0.2, -0.15) is 5.10 Å². The number of aryl methyl sites for hydroxylation is 4. The molecule has 4 heterocycles. The highest BCUT2D eigenvalue weighted by molar-refractivity contribution is 5.77. The Morgan fingerprint density at radius 1 is 1.22 bits per heavy atom. The van der Waals surface area contributed by atoms with Crippen molar-refractivity contribution in [2.24, 2.45) is 0 Å². The van der Waals surface area contributed by atoms with E-state index in [1.54, 1.807) is 18.5 Å². The second kappa shape index (κ2) is 13.2. The Balaban J connectivity index is 1.32. The topological polar surface area (TPSA) is 108 Å². The molecule has 1 aliphatic heterocycles. The van der Waals surface area contributed by atoms with Crippen molar-refractivity contribution >= 4 is 17.5 Å². The maximum absolute atomic E-state index is 11.9. The molecule has 0 bridgehead atoms. The number of aromatic nitrogens is 4. The zero-order chi connectivity index (χ0) is 26.0. The Kier molecular flexibility index (Phi) is 9.48. The van der Waals surface area contributed by atoms with Crippen LogP contribution in [0.5, 0.6) is 0 Å². The van der Waals surface area contributed by atoms with Crippen molar-refractivity contribution in [1.29, 1.82) is 0 Å². The third-order valence-corrected chi connectivity index (χ3v) is 6.87. The van der Waals surface area contributed by atoms with Crippen LogP contribution in [0.15, 0.2) is 42.7 Å². The van der Waals surface area contributed by atoms with Gasteiger partial charge in [-0.15, -0.1) is 0 Å². The van der Waals surface area contributed by atoms with Crippen LogP contribution in [0.1, 0.15) is 48.3 Å². The molecule has 0 aliphatic carbocycles. The Morgan fingerprint density at radius 2 is 2.11 bits per heavy atom. The standard InChI is InChI=1S/C28H39N7O2/c1-21-19-22(2)35(33-21)18-17-34(16-12-26(28(36)37)31-25-9-6-13-29-20-25)15-4-3-8-24-11-10-23-7-5-14-30-27(23)32-24/h6,9-11,13,19-20,26,31H,3-5,7-8,12,14-18H2,1-2H3,(H,30,32)(H,36,37)/t26-/m0/s1. The highest BCUT2D eigenvalue weighted by Crippen LogP contribution is 2.20. The van der Waals surface area contributed by atoms with Crippen LogP contribution in [-0.4, -0.2) is 67.9 Å². The first-order valence-corrected chi connectivity index (χ1v) is 13.3. The van der Waals surface area contributed by atoms with E-state index in [1.165, 1.54) is 12.0 Å². The first-order chi connectivity index (χ1) is 18.0. The SMILES string of the molecule is Cc1cc(C)n(CCN(CCCCc2ccc3c(n2)NCCC3)CC[C@H](Nc2cccnc2)C(=O)O)n1. The van der Waals surface area contributed by atoms with E-state index in [-0.39, 0.29) is 0 Å². The van der Waals surface area contributed by atoms with Crippen molar-refractivity contribution in [2.75, 3.05) is 36.8 Å². The molecule has 9 nitrogen and oxygen atoms in total. The zero-order valence-electron chi connectivity index (χ0n) is 22.0. The highest BCUT2D eigenvalue weighted by atomic mass is 16.4. The van der Waals surface area contributed by atoms with Crippen LogP contribution in [0.25, 0.3) is 0 Å².